The number of nitrogens with zero attached hydrogens (tertiary/aromatic N) is 1. The van der Waals surface area contributed by atoms with Gasteiger partial charge in [-0.2, -0.15) is 0 Å². The third-order valence-corrected chi connectivity index (χ3v) is 2.16. The van der Waals surface area contributed by atoms with Crippen LogP contribution in [0.15, 0.2) is 17.8 Å². The summed E-state index contributed by atoms with van der Waals surface area (Å²) in [4.78, 5) is 4.97. The van der Waals surface area contributed by atoms with E-state index in [4.69, 9.17) is 16.4 Å². The third kappa shape index (κ3) is 3.26. The van der Waals surface area contributed by atoms with Gasteiger partial charge in [-0.15, -0.1) is 0 Å². The highest BCUT2D eigenvalue weighted by molar-refractivity contribution is 6.20. The molecule has 0 bridgehead atoms. The second-order valence-electron chi connectivity index (χ2n) is 2.91. The topological polar surface area (TPSA) is 21.6 Å². The molecule has 1 saturated carbocycles. The normalized spacial score (nSPS) is 19.9. The first-order chi connectivity index (χ1) is 5.83. The maximum Gasteiger partial charge on any atom is 0.218 e. The third-order valence-electron chi connectivity index (χ3n) is 1.90. The highest BCUT2D eigenvalue weighted by Crippen LogP contribution is 2.15. The Morgan fingerprint density at radius 3 is 2.67 bits per heavy atom. The van der Waals surface area contributed by atoms with Crippen LogP contribution in [0.5, 0.6) is 0 Å². The quantitative estimate of drug-likeness (QED) is 0.378. The minimum atomic E-state index is -0.487. The molecule has 2 nitrogen and oxygen atoms in total. The molecule has 68 valence electrons. The van der Waals surface area contributed by atoms with Crippen LogP contribution >= 0.6 is 11.6 Å². The average molecular weight is 188 g/mol. The van der Waals surface area contributed by atoms with Crippen LogP contribution in [0.1, 0.15) is 32.1 Å². The second kappa shape index (κ2) is 5.20. The minimum Gasteiger partial charge on any atom is -0.372 e. The van der Waals surface area contributed by atoms with Gasteiger partial charge in [0.2, 0.25) is 5.56 Å². The van der Waals surface area contributed by atoms with Crippen LogP contribution in [0.3, 0.4) is 0 Å². The molecule has 0 aromatic heterocycles. The summed E-state index contributed by atoms with van der Waals surface area (Å²) in [5.41, 5.74) is 0.646. The van der Waals surface area contributed by atoms with Gasteiger partial charge in [0.05, 0.1) is 5.71 Å². The Labute approximate surface area is 78.2 Å². The van der Waals surface area contributed by atoms with E-state index in [1.54, 1.807) is 0 Å². The first-order valence-corrected chi connectivity index (χ1v) is 4.75. The van der Waals surface area contributed by atoms with Gasteiger partial charge >= 0.3 is 0 Å². The zero-order chi connectivity index (χ0) is 8.81. The van der Waals surface area contributed by atoms with Gasteiger partial charge in [0, 0.05) is 0 Å². The van der Waals surface area contributed by atoms with E-state index in [-0.39, 0.29) is 0 Å². The molecule has 3 heteroatoms. The lowest BCUT2D eigenvalue weighted by atomic mass is 9.99. The van der Waals surface area contributed by atoms with Gasteiger partial charge in [-0.1, -0.05) is 29.8 Å². The number of hydrogen-bond acceptors (Lipinski definition) is 2. The second-order valence-corrected chi connectivity index (χ2v) is 3.34. The summed E-state index contributed by atoms with van der Waals surface area (Å²) in [5, 5.41) is 3.97. The van der Waals surface area contributed by atoms with Crippen molar-refractivity contribution in [3.63, 3.8) is 0 Å². The molecule has 0 saturated heterocycles. The zero-order valence-electron chi connectivity index (χ0n) is 7.13. The van der Waals surface area contributed by atoms with Gasteiger partial charge in [-0.25, -0.2) is 0 Å². The highest BCUT2D eigenvalue weighted by atomic mass is 35.5. The molecule has 12 heavy (non-hydrogen) atoms. The molecule has 0 amide bonds. The number of oxime groups is 1. The van der Waals surface area contributed by atoms with E-state index >= 15 is 0 Å². The number of alkyl halides is 1. The average Bonchev–Trinajstić information content (AvgIpc) is 2.16. The molecular formula is C9H14ClNO. The Bertz CT molecular complexity index is 171. The van der Waals surface area contributed by atoms with Crippen LogP contribution in [-0.2, 0) is 4.84 Å². The fourth-order valence-electron chi connectivity index (χ4n) is 1.22. The molecule has 0 heterocycles. The molecule has 1 rings (SSSR count). The number of hydrogen-bond donors (Lipinski definition) is 0. The lowest BCUT2D eigenvalue weighted by Gasteiger charge is -2.12. The molecule has 1 fully saturated rings. The summed E-state index contributed by atoms with van der Waals surface area (Å²) < 4.78 is 0. The summed E-state index contributed by atoms with van der Waals surface area (Å²) in [5.74, 6) is 0. The van der Waals surface area contributed by atoms with Gasteiger partial charge in [0.25, 0.3) is 0 Å². The standard InChI is InChI=1S/C9H14ClNO/c1-2-9(10)12-11-8-6-4-3-5-7-8/h2,9H,1,3-7H2. The molecule has 1 atom stereocenters. The molecule has 0 aromatic rings. The van der Waals surface area contributed by atoms with E-state index in [2.05, 4.69) is 11.7 Å². The minimum absolute atomic E-state index is 0.487. The smallest absolute Gasteiger partial charge is 0.218 e. The molecule has 0 spiro atoms. The Hall–Kier alpha value is -0.500. The molecule has 0 aromatic carbocycles. The van der Waals surface area contributed by atoms with Crippen molar-refractivity contribution in [2.24, 2.45) is 5.16 Å². The lowest BCUT2D eigenvalue weighted by molar-refractivity contribution is 0.144. The number of rotatable bonds is 3. The van der Waals surface area contributed by atoms with Gasteiger partial charge < -0.3 is 4.84 Å². The summed E-state index contributed by atoms with van der Waals surface area (Å²) in [7, 11) is 0. The predicted octanol–water partition coefficient (Wildman–Crippen LogP) is 3.07. The van der Waals surface area contributed by atoms with Crippen LogP contribution in [0.2, 0.25) is 0 Å². The van der Waals surface area contributed by atoms with E-state index in [0.29, 0.717) is 0 Å². The largest absolute Gasteiger partial charge is 0.372 e. The van der Waals surface area contributed by atoms with Crippen molar-refractivity contribution in [3.05, 3.63) is 12.7 Å². The Morgan fingerprint density at radius 1 is 1.42 bits per heavy atom. The summed E-state index contributed by atoms with van der Waals surface area (Å²) in [6, 6.07) is 0. The first-order valence-electron chi connectivity index (χ1n) is 4.31. The van der Waals surface area contributed by atoms with E-state index in [1.165, 1.54) is 25.3 Å². The predicted molar refractivity (Wildman–Crippen MR) is 51.4 cm³/mol. The van der Waals surface area contributed by atoms with Crippen molar-refractivity contribution in [2.45, 2.75) is 37.7 Å². The molecule has 1 unspecified atom stereocenters. The van der Waals surface area contributed by atoms with E-state index in [9.17, 15) is 0 Å². The van der Waals surface area contributed by atoms with Crippen molar-refractivity contribution in [2.75, 3.05) is 0 Å². The molecule has 1 aliphatic carbocycles. The van der Waals surface area contributed by atoms with Crippen molar-refractivity contribution < 1.29 is 4.84 Å². The number of halogens is 1. The molecular weight excluding hydrogens is 174 g/mol. The van der Waals surface area contributed by atoms with Crippen LogP contribution in [0.4, 0.5) is 0 Å². The van der Waals surface area contributed by atoms with Crippen LogP contribution in [0.25, 0.3) is 0 Å². The van der Waals surface area contributed by atoms with Gasteiger partial charge in [-0.05, 0) is 31.8 Å². The monoisotopic (exact) mass is 187 g/mol. The van der Waals surface area contributed by atoms with Crippen molar-refractivity contribution in [1.29, 1.82) is 0 Å². The zero-order valence-corrected chi connectivity index (χ0v) is 7.89. The first kappa shape index (κ1) is 9.59. The van der Waals surface area contributed by atoms with E-state index in [1.807, 2.05) is 0 Å². The Kier molecular flexibility index (Phi) is 4.15. The maximum absolute atomic E-state index is 5.64. The van der Waals surface area contributed by atoms with Crippen molar-refractivity contribution in [1.82, 2.24) is 0 Å². The fraction of sp³-hybridized carbons (Fsp3) is 0.667. The maximum atomic E-state index is 5.64. The summed E-state index contributed by atoms with van der Waals surface area (Å²) >= 11 is 5.64. The van der Waals surface area contributed by atoms with Gasteiger partial charge in [0.1, 0.15) is 0 Å². The lowest BCUT2D eigenvalue weighted by Crippen LogP contribution is -2.06. The molecule has 0 radical (unpaired) electrons. The Morgan fingerprint density at radius 2 is 2.08 bits per heavy atom. The van der Waals surface area contributed by atoms with Gasteiger partial charge in [-0.3, -0.25) is 0 Å². The van der Waals surface area contributed by atoms with E-state index in [0.717, 1.165) is 18.6 Å². The molecule has 0 N–H and O–H groups in total. The van der Waals surface area contributed by atoms with E-state index < -0.39 is 5.56 Å². The Balaban J connectivity index is 2.29. The van der Waals surface area contributed by atoms with Crippen LogP contribution < -0.4 is 0 Å². The van der Waals surface area contributed by atoms with Crippen LogP contribution in [-0.4, -0.2) is 11.3 Å². The summed E-state index contributed by atoms with van der Waals surface area (Å²) in [6.45, 7) is 3.50. The fourth-order valence-corrected chi connectivity index (χ4v) is 1.26. The van der Waals surface area contributed by atoms with Gasteiger partial charge in [0.15, 0.2) is 0 Å². The SMILES string of the molecule is C=CC(Cl)ON=C1CCCCC1. The molecule has 0 aliphatic heterocycles. The summed E-state index contributed by atoms with van der Waals surface area (Å²) in [6.07, 6.45) is 7.40. The van der Waals surface area contributed by atoms with Crippen molar-refractivity contribution >= 4 is 17.3 Å². The molecule has 1 aliphatic rings. The van der Waals surface area contributed by atoms with Crippen molar-refractivity contribution in [3.8, 4) is 0 Å². The van der Waals surface area contributed by atoms with Crippen LogP contribution in [0, 0.1) is 0 Å². The highest BCUT2D eigenvalue weighted by Gasteiger charge is 2.07.